The summed E-state index contributed by atoms with van der Waals surface area (Å²) in [6.45, 7) is 8.27. The van der Waals surface area contributed by atoms with Crippen LogP contribution in [0.4, 0.5) is 0 Å². The van der Waals surface area contributed by atoms with Crippen molar-refractivity contribution in [2.75, 3.05) is 0 Å². The van der Waals surface area contributed by atoms with E-state index in [-0.39, 0.29) is 26.2 Å². The average molecular weight is 157 g/mol. The molecule has 1 heteroatoms. The summed E-state index contributed by atoms with van der Waals surface area (Å²) in [5, 5.41) is 0. The topological polar surface area (TPSA) is 0 Å². The van der Waals surface area contributed by atoms with Gasteiger partial charge in [0.05, 0.1) is 0 Å². The molecule has 30 valence electrons. The molecule has 0 bridgehead atoms. The molecule has 0 N–H and O–H groups in total. The number of hydrogen-bond acceptors (Lipinski definition) is 0. The third kappa shape index (κ3) is 8.87. The summed E-state index contributed by atoms with van der Waals surface area (Å²) >= 11 is 0. The zero-order valence-corrected chi connectivity index (χ0v) is 5.97. The minimum atomic E-state index is 0. The Morgan fingerprint density at radius 3 is 2.00 bits per heavy atom. The first kappa shape index (κ1) is 9.53. The van der Waals surface area contributed by atoms with Gasteiger partial charge in [-0.25, -0.2) is 25.2 Å². The minimum absolute atomic E-state index is 0. The summed E-state index contributed by atoms with van der Waals surface area (Å²) in [4.78, 5) is 0. The van der Waals surface area contributed by atoms with Gasteiger partial charge in [-0.3, -0.25) is 6.58 Å². The minimum Gasteiger partial charge on any atom is -0.293 e. The van der Waals surface area contributed by atoms with E-state index in [9.17, 15) is 0 Å². The van der Waals surface area contributed by atoms with Crippen LogP contribution >= 0.6 is 0 Å². The van der Waals surface area contributed by atoms with Crippen LogP contribution in [0.15, 0.2) is 18.2 Å². The van der Waals surface area contributed by atoms with E-state index in [1.807, 2.05) is 0 Å². The molecule has 0 aromatic rings. The number of hydrogen-bond donors (Lipinski definition) is 0. The first-order chi connectivity index (χ1) is 2.41. The maximum Gasteiger partial charge on any atom is 2.00 e. The molecule has 0 rings (SSSR count). The summed E-state index contributed by atoms with van der Waals surface area (Å²) in [5.41, 5.74) is 0. The molecule has 0 fully saturated rings. The van der Waals surface area contributed by atoms with Crippen LogP contribution in [-0.2, 0) is 26.2 Å². The van der Waals surface area contributed by atoms with Gasteiger partial charge < -0.3 is 0 Å². The molecule has 0 spiro atoms. The molecular weight excluding hydrogens is 151 g/mol. The first-order valence-electron chi connectivity index (χ1n) is 1.41. The Morgan fingerprint density at radius 2 is 2.00 bits per heavy atom. The van der Waals surface area contributed by atoms with Crippen molar-refractivity contribution in [1.82, 2.24) is 0 Å². The Hall–Kier alpha value is 0.233. The predicted molar refractivity (Wildman–Crippen MR) is 23.4 cm³/mol. The maximum atomic E-state index is 4.89. The van der Waals surface area contributed by atoms with Crippen molar-refractivity contribution in [2.24, 2.45) is 0 Å². The van der Waals surface area contributed by atoms with Crippen molar-refractivity contribution < 1.29 is 26.2 Å². The monoisotopic (exact) mass is 156 g/mol. The van der Waals surface area contributed by atoms with Crippen molar-refractivity contribution in [3.05, 3.63) is 31.7 Å². The Bertz CT molecular complexity index is 45.9. The molecule has 0 saturated carbocycles. The Labute approximate surface area is 58.1 Å². The molecule has 0 amide bonds. The van der Waals surface area contributed by atoms with Gasteiger partial charge in [0.25, 0.3) is 0 Å². The Balaban J connectivity index is 0. The Kier molecular flexibility index (Phi) is 14.2. The molecule has 6 heavy (non-hydrogen) atoms. The SMILES string of the molecule is [CH-]=C/C=C\[CH2-].[Zr+2]. The van der Waals surface area contributed by atoms with Gasteiger partial charge in [-0.2, -0.15) is 0 Å². The predicted octanol–water partition coefficient (Wildman–Crippen LogP) is 1.36. The molecule has 0 aromatic carbocycles. The van der Waals surface area contributed by atoms with E-state index in [1.54, 1.807) is 12.2 Å². The molecule has 0 aliphatic carbocycles. The largest absolute Gasteiger partial charge is 2.00 e. The summed E-state index contributed by atoms with van der Waals surface area (Å²) in [6.07, 6.45) is 4.73. The van der Waals surface area contributed by atoms with Crippen molar-refractivity contribution in [2.45, 2.75) is 0 Å². The van der Waals surface area contributed by atoms with Gasteiger partial charge in [0.2, 0.25) is 0 Å². The van der Waals surface area contributed by atoms with E-state index in [0.717, 1.165) is 0 Å². The normalized spacial score (nSPS) is 7.33. The van der Waals surface area contributed by atoms with Crippen molar-refractivity contribution >= 4 is 0 Å². The molecular formula is C5H6Zr. The number of rotatable bonds is 1. The van der Waals surface area contributed by atoms with Crippen molar-refractivity contribution in [3.63, 3.8) is 0 Å². The van der Waals surface area contributed by atoms with Crippen LogP contribution in [-0.4, -0.2) is 0 Å². The number of allylic oxidation sites excluding steroid dienone is 3. The van der Waals surface area contributed by atoms with Crippen LogP contribution in [0.2, 0.25) is 0 Å². The van der Waals surface area contributed by atoms with Crippen molar-refractivity contribution in [1.29, 1.82) is 0 Å². The second-order valence-electron chi connectivity index (χ2n) is 0.621. The van der Waals surface area contributed by atoms with E-state index in [2.05, 4.69) is 6.92 Å². The third-order valence-corrected chi connectivity index (χ3v) is 0.247. The molecule has 0 unspecified atom stereocenters. The van der Waals surface area contributed by atoms with Crippen LogP contribution in [0.3, 0.4) is 0 Å². The van der Waals surface area contributed by atoms with Crippen LogP contribution in [0, 0.1) is 13.5 Å². The van der Waals surface area contributed by atoms with Crippen LogP contribution in [0.5, 0.6) is 0 Å². The zero-order chi connectivity index (χ0) is 4.12. The average Bonchev–Trinajstić information content (AvgIpc) is 1.41. The molecule has 0 saturated heterocycles. The van der Waals surface area contributed by atoms with Crippen molar-refractivity contribution in [3.8, 4) is 0 Å². The third-order valence-electron chi connectivity index (χ3n) is 0.247. The van der Waals surface area contributed by atoms with Gasteiger partial charge in [-0.1, -0.05) is 0 Å². The maximum absolute atomic E-state index is 4.89. The summed E-state index contributed by atoms with van der Waals surface area (Å²) in [6, 6.07) is 0. The van der Waals surface area contributed by atoms with Crippen LogP contribution < -0.4 is 0 Å². The van der Waals surface area contributed by atoms with Gasteiger partial charge in [0.15, 0.2) is 0 Å². The standard InChI is InChI=1S/C5H6.Zr/c1-3-5-4-2;/h1,3-5H,2H2;/q-2;+2/b5-4-;. The second kappa shape index (κ2) is 8.97. The van der Waals surface area contributed by atoms with E-state index in [4.69, 9.17) is 6.58 Å². The van der Waals surface area contributed by atoms with E-state index in [1.165, 1.54) is 6.08 Å². The van der Waals surface area contributed by atoms with Gasteiger partial charge in [-0.05, 0) is 0 Å². The molecule has 0 heterocycles. The van der Waals surface area contributed by atoms with Gasteiger partial charge >= 0.3 is 26.2 Å². The molecule has 0 aliphatic heterocycles. The fourth-order valence-corrected chi connectivity index (χ4v) is 0.0786. The first-order valence-corrected chi connectivity index (χ1v) is 1.41. The quantitative estimate of drug-likeness (QED) is 0.398. The summed E-state index contributed by atoms with van der Waals surface area (Å²) < 4.78 is 0. The van der Waals surface area contributed by atoms with Crippen LogP contribution in [0.25, 0.3) is 0 Å². The van der Waals surface area contributed by atoms with E-state index in [0.29, 0.717) is 0 Å². The fourth-order valence-electron chi connectivity index (χ4n) is 0.0786. The summed E-state index contributed by atoms with van der Waals surface area (Å²) in [7, 11) is 0. The fraction of sp³-hybridized carbons (Fsp3) is 0. The molecule has 0 aromatic heterocycles. The van der Waals surface area contributed by atoms with E-state index < -0.39 is 0 Å². The molecule has 0 aliphatic rings. The Morgan fingerprint density at radius 1 is 1.50 bits per heavy atom. The smallest absolute Gasteiger partial charge is 0.293 e. The van der Waals surface area contributed by atoms with Gasteiger partial charge in [0.1, 0.15) is 0 Å². The molecule has 0 nitrogen and oxygen atoms in total. The summed E-state index contributed by atoms with van der Waals surface area (Å²) in [5.74, 6) is 0. The van der Waals surface area contributed by atoms with Crippen LogP contribution in [0.1, 0.15) is 0 Å². The molecule has 0 radical (unpaired) electrons. The van der Waals surface area contributed by atoms with Gasteiger partial charge in [0, 0.05) is 0 Å². The second-order valence-corrected chi connectivity index (χ2v) is 0.621. The van der Waals surface area contributed by atoms with E-state index >= 15 is 0 Å². The molecule has 0 atom stereocenters. The van der Waals surface area contributed by atoms with Gasteiger partial charge in [-0.15, -0.1) is 0 Å². The zero-order valence-electron chi connectivity index (χ0n) is 3.52.